The lowest BCUT2D eigenvalue weighted by Crippen LogP contribution is -2.04. The number of nitro groups is 1. The third kappa shape index (κ3) is 4.09. The number of nitro benzene ring substituents is 1. The Balaban J connectivity index is 1.60. The van der Waals surface area contributed by atoms with Gasteiger partial charge in [-0.25, -0.2) is 4.68 Å². The summed E-state index contributed by atoms with van der Waals surface area (Å²) in [7, 11) is 0. The van der Waals surface area contributed by atoms with E-state index in [9.17, 15) is 10.1 Å². The first-order valence-corrected chi connectivity index (χ1v) is 9.97. The van der Waals surface area contributed by atoms with Crippen molar-refractivity contribution in [3.63, 3.8) is 0 Å². The summed E-state index contributed by atoms with van der Waals surface area (Å²) in [6.45, 7) is 0.325. The molecule has 0 fully saturated rings. The second-order valence-electron chi connectivity index (χ2n) is 5.92. The molecule has 0 saturated heterocycles. The molecule has 4 aromatic rings. The number of tetrazole rings is 1. The molecule has 0 spiro atoms. The Labute approximate surface area is 187 Å². The van der Waals surface area contributed by atoms with Crippen molar-refractivity contribution in [3.8, 4) is 17.1 Å². The van der Waals surface area contributed by atoms with E-state index in [0.717, 1.165) is 5.56 Å². The van der Waals surface area contributed by atoms with Crippen LogP contribution in [0.4, 0.5) is 5.69 Å². The van der Waals surface area contributed by atoms with Crippen LogP contribution in [0, 0.1) is 13.8 Å². The van der Waals surface area contributed by atoms with Gasteiger partial charge in [0.05, 0.1) is 27.1 Å². The zero-order valence-electron chi connectivity index (χ0n) is 14.4. The molecule has 2 heterocycles. The number of benzene rings is 2. The fourth-order valence-corrected chi connectivity index (χ4v) is 3.81. The zero-order chi connectivity index (χ0) is 20.5. The van der Waals surface area contributed by atoms with E-state index in [0.29, 0.717) is 37.4 Å². The highest BCUT2D eigenvalue weighted by molar-refractivity contribution is 14.1. The molecule has 12 heteroatoms. The van der Waals surface area contributed by atoms with Crippen LogP contribution in [0.2, 0.25) is 10.0 Å². The second-order valence-corrected chi connectivity index (χ2v) is 7.75. The molecule has 0 aliphatic rings. The zero-order valence-corrected chi connectivity index (χ0v) is 18.1. The number of nitrogens with zero attached hydrogens (tertiary/aromatic N) is 7. The summed E-state index contributed by atoms with van der Waals surface area (Å²) in [5, 5.41) is 28.7. The number of hydrogen-bond acceptors (Lipinski definition) is 6. The predicted octanol–water partition coefficient (Wildman–Crippen LogP) is 4.39. The van der Waals surface area contributed by atoms with Crippen LogP contribution in [0.1, 0.15) is 5.56 Å². The van der Waals surface area contributed by atoms with Crippen LogP contribution in [-0.2, 0) is 6.54 Å². The topological polar surface area (TPSA) is 105 Å². The number of hydrogen-bond donors (Lipinski definition) is 0. The van der Waals surface area contributed by atoms with E-state index in [1.807, 2.05) is 0 Å². The Morgan fingerprint density at radius 3 is 2.41 bits per heavy atom. The van der Waals surface area contributed by atoms with Crippen LogP contribution < -0.4 is 0 Å². The van der Waals surface area contributed by atoms with E-state index in [2.05, 4.69) is 43.1 Å². The smallest absolute Gasteiger partial charge is 0.258 e. The molecule has 2 aromatic heterocycles. The van der Waals surface area contributed by atoms with Gasteiger partial charge >= 0.3 is 0 Å². The summed E-state index contributed by atoms with van der Waals surface area (Å²) in [6, 6.07) is 11.4. The summed E-state index contributed by atoms with van der Waals surface area (Å²) >= 11 is 14.6. The van der Waals surface area contributed by atoms with Crippen molar-refractivity contribution in [1.29, 1.82) is 0 Å². The van der Waals surface area contributed by atoms with Gasteiger partial charge < -0.3 is 0 Å². The molecule has 0 atom stereocenters. The Bertz CT molecular complexity index is 1190. The summed E-state index contributed by atoms with van der Waals surface area (Å²) in [4.78, 5) is 11.7. The number of rotatable bonds is 5. The minimum Gasteiger partial charge on any atom is -0.258 e. The monoisotopic (exact) mass is 541 g/mol. The van der Waals surface area contributed by atoms with Crippen LogP contribution >= 0.6 is 45.8 Å². The van der Waals surface area contributed by atoms with Crippen molar-refractivity contribution in [2.24, 2.45) is 0 Å². The molecule has 2 aromatic carbocycles. The van der Waals surface area contributed by atoms with Crippen LogP contribution in [0.3, 0.4) is 0 Å². The first-order chi connectivity index (χ1) is 13.9. The molecule has 0 unspecified atom stereocenters. The van der Waals surface area contributed by atoms with Crippen LogP contribution in [0.25, 0.3) is 17.1 Å². The minimum atomic E-state index is -0.444. The molecule has 9 nitrogen and oxygen atoms in total. The second kappa shape index (κ2) is 8.05. The van der Waals surface area contributed by atoms with Crippen LogP contribution in [0.15, 0.2) is 48.7 Å². The van der Waals surface area contributed by atoms with E-state index >= 15 is 0 Å². The number of halogens is 3. The first kappa shape index (κ1) is 19.7. The van der Waals surface area contributed by atoms with E-state index in [4.69, 9.17) is 23.2 Å². The standard InChI is InChI=1S/C17H10Cl2IN7O2/c18-13-2-1-3-14(19)15(13)25-9-12(16(20)22-25)17-21-24-26(23-17)8-10-4-6-11(7-5-10)27(28)29/h1-7,9H,8H2. The predicted molar refractivity (Wildman–Crippen MR) is 115 cm³/mol. The van der Waals surface area contributed by atoms with E-state index < -0.39 is 4.92 Å². The summed E-state index contributed by atoms with van der Waals surface area (Å²) in [5.41, 5.74) is 2.09. The Morgan fingerprint density at radius 1 is 1.07 bits per heavy atom. The average molecular weight is 542 g/mol. The largest absolute Gasteiger partial charge is 0.269 e. The molecule has 146 valence electrons. The highest BCUT2D eigenvalue weighted by Gasteiger charge is 2.17. The lowest BCUT2D eigenvalue weighted by atomic mass is 10.2. The van der Waals surface area contributed by atoms with Crippen LogP contribution in [0.5, 0.6) is 0 Å². The van der Waals surface area contributed by atoms with Gasteiger partial charge in [-0.2, -0.15) is 9.90 Å². The van der Waals surface area contributed by atoms with Gasteiger partial charge in [0.15, 0.2) is 0 Å². The first-order valence-electron chi connectivity index (χ1n) is 8.13. The van der Waals surface area contributed by atoms with Crippen molar-refractivity contribution < 1.29 is 4.92 Å². The van der Waals surface area contributed by atoms with Crippen molar-refractivity contribution in [2.45, 2.75) is 6.54 Å². The molecule has 0 aliphatic carbocycles. The Hall–Kier alpha value is -2.57. The minimum absolute atomic E-state index is 0.0289. The average Bonchev–Trinajstić information content (AvgIpc) is 3.28. The molecular formula is C17H10Cl2IN7O2. The Morgan fingerprint density at radius 2 is 1.76 bits per heavy atom. The normalized spacial score (nSPS) is 11.0. The third-order valence-electron chi connectivity index (χ3n) is 4.00. The van der Waals surface area contributed by atoms with Gasteiger partial charge in [0, 0.05) is 18.3 Å². The molecule has 29 heavy (non-hydrogen) atoms. The fourth-order valence-electron chi connectivity index (χ4n) is 2.63. The van der Waals surface area contributed by atoms with Crippen molar-refractivity contribution in [3.05, 3.63) is 78.1 Å². The van der Waals surface area contributed by atoms with E-state index in [-0.39, 0.29) is 5.69 Å². The highest BCUT2D eigenvalue weighted by atomic mass is 127. The maximum absolute atomic E-state index is 10.7. The molecule has 0 amide bonds. The summed E-state index contributed by atoms with van der Waals surface area (Å²) in [6.07, 6.45) is 1.74. The fraction of sp³-hybridized carbons (Fsp3) is 0.0588. The molecule has 0 N–H and O–H groups in total. The number of non-ortho nitro benzene ring substituents is 1. The molecule has 0 aliphatic heterocycles. The van der Waals surface area contributed by atoms with Gasteiger partial charge in [-0.3, -0.25) is 10.1 Å². The van der Waals surface area contributed by atoms with Gasteiger partial charge in [-0.1, -0.05) is 41.4 Å². The van der Waals surface area contributed by atoms with Gasteiger partial charge in [-0.05, 0) is 45.5 Å². The highest BCUT2D eigenvalue weighted by Crippen LogP contribution is 2.30. The van der Waals surface area contributed by atoms with Crippen molar-refractivity contribution >= 4 is 51.5 Å². The van der Waals surface area contributed by atoms with Gasteiger partial charge in [0.1, 0.15) is 9.39 Å². The molecular weight excluding hydrogens is 532 g/mol. The Kier molecular flexibility index (Phi) is 5.48. The molecule has 0 bridgehead atoms. The summed E-state index contributed by atoms with van der Waals surface area (Å²) < 4.78 is 2.24. The lowest BCUT2D eigenvalue weighted by molar-refractivity contribution is -0.384. The maximum Gasteiger partial charge on any atom is 0.269 e. The number of aromatic nitrogens is 6. The summed E-state index contributed by atoms with van der Waals surface area (Å²) in [5.74, 6) is 0.394. The van der Waals surface area contributed by atoms with E-state index in [1.165, 1.54) is 16.9 Å². The lowest BCUT2D eigenvalue weighted by Gasteiger charge is -2.05. The van der Waals surface area contributed by atoms with Gasteiger partial charge in [-0.15, -0.1) is 10.2 Å². The van der Waals surface area contributed by atoms with Crippen LogP contribution in [-0.4, -0.2) is 34.9 Å². The van der Waals surface area contributed by atoms with Gasteiger partial charge in [0.25, 0.3) is 5.69 Å². The SMILES string of the molecule is O=[N+]([O-])c1ccc(Cn2nnc(-c3cn(-c4c(Cl)cccc4Cl)nc3I)n2)cc1. The van der Waals surface area contributed by atoms with Crippen molar-refractivity contribution in [1.82, 2.24) is 30.0 Å². The maximum atomic E-state index is 10.7. The van der Waals surface area contributed by atoms with E-state index in [1.54, 1.807) is 41.2 Å². The van der Waals surface area contributed by atoms with Gasteiger partial charge in [0.2, 0.25) is 5.82 Å². The third-order valence-corrected chi connectivity index (χ3v) is 5.41. The van der Waals surface area contributed by atoms with Crippen molar-refractivity contribution in [2.75, 3.05) is 0 Å². The molecule has 0 radical (unpaired) electrons. The molecule has 4 rings (SSSR count). The number of para-hydroxylation sites is 1. The molecule has 0 saturated carbocycles. The quantitative estimate of drug-likeness (QED) is 0.211.